The molecule has 7 heteroatoms. The van der Waals surface area contributed by atoms with Crippen LogP contribution in [0.25, 0.3) is 0 Å². The van der Waals surface area contributed by atoms with Crippen molar-refractivity contribution in [2.75, 3.05) is 0 Å². The smallest absolute Gasteiger partial charge is 0.187 e. The number of aromatic nitrogens is 3. The zero-order chi connectivity index (χ0) is 9.35. The summed E-state index contributed by atoms with van der Waals surface area (Å²) < 4.78 is 36.3. The molecule has 0 aliphatic rings. The highest BCUT2D eigenvalue weighted by molar-refractivity contribution is 9.08. The Labute approximate surface area is 74.7 Å². The normalized spacial score (nSPS) is 12.1. The number of alkyl halides is 4. The van der Waals surface area contributed by atoms with Crippen LogP contribution < -0.4 is 0 Å². The maximum atomic E-state index is 12.1. The van der Waals surface area contributed by atoms with E-state index in [0.29, 0.717) is 0 Å². The average Bonchev–Trinajstić information content (AvgIpc) is 2.29. The fourth-order valence-corrected chi connectivity index (χ4v) is 1.13. The van der Waals surface area contributed by atoms with Crippen LogP contribution in [0.3, 0.4) is 0 Å². The quantitative estimate of drug-likeness (QED) is 0.704. The second-order valence-electron chi connectivity index (χ2n) is 2.12. The Balaban J connectivity index is 3.13. The van der Waals surface area contributed by atoms with Crippen molar-refractivity contribution in [3.8, 4) is 0 Å². The summed E-state index contributed by atoms with van der Waals surface area (Å²) in [6.45, 7) is 0. The molecule has 0 radical (unpaired) electrons. The van der Waals surface area contributed by atoms with E-state index >= 15 is 0 Å². The van der Waals surface area contributed by atoms with Crippen LogP contribution in [-0.2, 0) is 18.6 Å². The molecule has 0 atom stereocenters. The highest BCUT2D eigenvalue weighted by atomic mass is 79.9. The first-order valence-electron chi connectivity index (χ1n) is 2.98. The number of hydrogen-bond acceptors (Lipinski definition) is 2. The minimum atomic E-state index is -4.42. The zero-order valence-electron chi connectivity index (χ0n) is 6.06. The fourth-order valence-electron chi connectivity index (χ4n) is 0.757. The molecule has 68 valence electrons. The Morgan fingerprint density at radius 2 is 2.00 bits per heavy atom. The molecule has 1 heterocycles. The molecule has 0 bridgehead atoms. The number of hydrogen-bond donors (Lipinski definition) is 0. The summed E-state index contributed by atoms with van der Waals surface area (Å²) >= 11 is 2.90. The van der Waals surface area contributed by atoms with Gasteiger partial charge in [0.1, 0.15) is 5.69 Å². The van der Waals surface area contributed by atoms with Gasteiger partial charge in [-0.05, 0) is 0 Å². The van der Waals surface area contributed by atoms with Gasteiger partial charge in [0.25, 0.3) is 0 Å². The number of aryl methyl sites for hydroxylation is 1. The van der Waals surface area contributed by atoms with Crippen LogP contribution in [0.2, 0.25) is 0 Å². The summed E-state index contributed by atoms with van der Waals surface area (Å²) in [5.41, 5.74) is -1.02. The van der Waals surface area contributed by atoms with Gasteiger partial charge in [-0.1, -0.05) is 15.9 Å². The van der Waals surface area contributed by atoms with Crippen LogP contribution in [0.1, 0.15) is 11.4 Å². The minimum absolute atomic E-state index is 0.0513. The molecule has 12 heavy (non-hydrogen) atoms. The molecule has 0 saturated heterocycles. The van der Waals surface area contributed by atoms with Crippen molar-refractivity contribution < 1.29 is 13.2 Å². The second kappa shape index (κ2) is 3.04. The van der Waals surface area contributed by atoms with Crippen LogP contribution in [0.5, 0.6) is 0 Å². The molecular formula is C5H5BrF3N3. The van der Waals surface area contributed by atoms with Crippen LogP contribution in [0.4, 0.5) is 13.2 Å². The molecule has 0 aliphatic carbocycles. The molecule has 0 unspecified atom stereocenters. The van der Waals surface area contributed by atoms with E-state index in [1.54, 1.807) is 0 Å². The van der Waals surface area contributed by atoms with Crippen LogP contribution in [0, 0.1) is 0 Å². The van der Waals surface area contributed by atoms with E-state index in [1.165, 1.54) is 7.05 Å². The zero-order valence-corrected chi connectivity index (χ0v) is 7.65. The second-order valence-corrected chi connectivity index (χ2v) is 2.68. The third-order valence-electron chi connectivity index (χ3n) is 1.18. The Bertz CT molecular complexity index is 280. The molecule has 0 N–H and O–H groups in total. The van der Waals surface area contributed by atoms with E-state index in [9.17, 15) is 13.2 Å². The first-order valence-corrected chi connectivity index (χ1v) is 4.10. The maximum absolute atomic E-state index is 12.1. The highest BCUT2D eigenvalue weighted by Gasteiger charge is 2.37. The van der Waals surface area contributed by atoms with Gasteiger partial charge in [0.15, 0.2) is 5.69 Å². The molecule has 1 aromatic heterocycles. The highest BCUT2D eigenvalue weighted by Crippen LogP contribution is 2.30. The number of halogens is 4. The summed E-state index contributed by atoms with van der Waals surface area (Å²) in [4.78, 5) is 0.902. The van der Waals surface area contributed by atoms with E-state index in [-0.39, 0.29) is 11.0 Å². The molecule has 0 spiro atoms. The first-order chi connectivity index (χ1) is 5.45. The lowest BCUT2D eigenvalue weighted by molar-refractivity contribution is -0.141. The average molecular weight is 244 g/mol. The lowest BCUT2D eigenvalue weighted by atomic mass is 10.3. The number of rotatable bonds is 1. The Kier molecular flexibility index (Phi) is 2.41. The van der Waals surface area contributed by atoms with Gasteiger partial charge < -0.3 is 0 Å². The van der Waals surface area contributed by atoms with E-state index in [2.05, 4.69) is 26.1 Å². The maximum Gasteiger partial charge on any atom is 0.437 e. The Morgan fingerprint density at radius 3 is 2.33 bits per heavy atom. The van der Waals surface area contributed by atoms with Gasteiger partial charge in [-0.15, -0.1) is 5.10 Å². The van der Waals surface area contributed by atoms with Gasteiger partial charge in [-0.25, -0.2) is 0 Å². The van der Waals surface area contributed by atoms with Crippen molar-refractivity contribution >= 4 is 15.9 Å². The van der Waals surface area contributed by atoms with Crippen molar-refractivity contribution in [1.29, 1.82) is 0 Å². The SMILES string of the molecule is Cn1nc(CBr)c(C(F)(F)F)n1. The molecule has 0 fully saturated rings. The molecule has 0 aliphatic heterocycles. The van der Waals surface area contributed by atoms with Gasteiger partial charge in [-0.3, -0.25) is 0 Å². The van der Waals surface area contributed by atoms with E-state index in [4.69, 9.17) is 0 Å². The van der Waals surface area contributed by atoms with Crippen molar-refractivity contribution in [3.63, 3.8) is 0 Å². The van der Waals surface area contributed by atoms with Crippen molar-refractivity contribution in [1.82, 2.24) is 15.0 Å². The van der Waals surface area contributed by atoms with E-state index in [1.807, 2.05) is 0 Å². The lowest BCUT2D eigenvalue weighted by Crippen LogP contribution is -2.08. The Hall–Kier alpha value is -0.590. The minimum Gasteiger partial charge on any atom is -0.187 e. The van der Waals surface area contributed by atoms with Crippen molar-refractivity contribution in [2.24, 2.45) is 7.05 Å². The first kappa shape index (κ1) is 9.50. The molecular weight excluding hydrogens is 239 g/mol. The van der Waals surface area contributed by atoms with Gasteiger partial charge >= 0.3 is 6.18 Å². The van der Waals surface area contributed by atoms with Crippen LogP contribution in [-0.4, -0.2) is 15.0 Å². The van der Waals surface area contributed by atoms with E-state index < -0.39 is 11.9 Å². The molecule has 0 amide bonds. The summed E-state index contributed by atoms with van der Waals surface area (Å²) in [5, 5.41) is 6.79. The molecule has 1 rings (SSSR count). The van der Waals surface area contributed by atoms with Gasteiger partial charge in [0.2, 0.25) is 0 Å². The summed E-state index contributed by atoms with van der Waals surface area (Å²) in [5.74, 6) is 0. The predicted octanol–water partition coefficient (Wildman–Crippen LogP) is 1.73. The third kappa shape index (κ3) is 1.77. The topological polar surface area (TPSA) is 30.7 Å². The molecule has 0 aromatic carbocycles. The largest absolute Gasteiger partial charge is 0.437 e. The third-order valence-corrected chi connectivity index (χ3v) is 1.71. The van der Waals surface area contributed by atoms with Gasteiger partial charge in [0, 0.05) is 12.4 Å². The Morgan fingerprint density at radius 1 is 1.42 bits per heavy atom. The van der Waals surface area contributed by atoms with Crippen molar-refractivity contribution in [2.45, 2.75) is 11.5 Å². The van der Waals surface area contributed by atoms with Crippen LogP contribution >= 0.6 is 15.9 Å². The van der Waals surface area contributed by atoms with E-state index in [0.717, 1.165) is 4.80 Å². The standard InChI is InChI=1S/C5H5BrF3N3/c1-12-10-3(2-6)4(11-12)5(7,8)9/h2H2,1H3. The molecule has 1 aromatic rings. The summed E-state index contributed by atoms with van der Waals surface area (Å²) in [6, 6.07) is 0. The van der Waals surface area contributed by atoms with Gasteiger partial charge in [-0.2, -0.15) is 23.1 Å². The fraction of sp³-hybridized carbons (Fsp3) is 0.600. The van der Waals surface area contributed by atoms with Crippen LogP contribution in [0.15, 0.2) is 0 Å². The van der Waals surface area contributed by atoms with Crippen molar-refractivity contribution in [3.05, 3.63) is 11.4 Å². The summed E-state index contributed by atoms with van der Waals surface area (Å²) in [7, 11) is 1.35. The molecule has 0 saturated carbocycles. The lowest BCUT2D eigenvalue weighted by Gasteiger charge is -2.01. The monoisotopic (exact) mass is 243 g/mol. The molecule has 3 nitrogen and oxygen atoms in total. The number of nitrogens with zero attached hydrogens (tertiary/aromatic N) is 3. The summed E-state index contributed by atoms with van der Waals surface area (Å²) in [6.07, 6.45) is -4.42. The van der Waals surface area contributed by atoms with Gasteiger partial charge in [0.05, 0.1) is 0 Å². The predicted molar refractivity (Wildman–Crippen MR) is 38.6 cm³/mol.